The molecule has 1 aliphatic heterocycles. The summed E-state index contributed by atoms with van der Waals surface area (Å²) in [7, 11) is 1.48. The molecule has 1 atom stereocenters. The number of likely N-dealkylation sites (N-methyl/N-ethyl adjacent to an activating group) is 1. The second-order valence-electron chi connectivity index (χ2n) is 7.49. The lowest BCUT2D eigenvalue weighted by Crippen LogP contribution is -2.39. The van der Waals surface area contributed by atoms with Crippen LogP contribution in [0.15, 0.2) is 36.4 Å². The molecule has 158 valence electrons. The molecule has 8 heteroatoms. The lowest BCUT2D eigenvalue weighted by atomic mass is 10.1. The lowest BCUT2D eigenvalue weighted by Gasteiger charge is -2.21. The van der Waals surface area contributed by atoms with Crippen LogP contribution in [0.2, 0.25) is 0 Å². The van der Waals surface area contributed by atoms with Crippen molar-refractivity contribution in [2.75, 3.05) is 30.4 Å². The van der Waals surface area contributed by atoms with Gasteiger partial charge in [-0.05, 0) is 43.2 Å². The Balaban J connectivity index is 1.62. The van der Waals surface area contributed by atoms with Crippen molar-refractivity contribution in [2.45, 2.75) is 20.3 Å². The van der Waals surface area contributed by atoms with E-state index in [0.717, 1.165) is 22.1 Å². The van der Waals surface area contributed by atoms with Crippen LogP contribution in [0.25, 0.3) is 0 Å². The number of aryl methyl sites for hydroxylation is 1. The zero-order valence-corrected chi connectivity index (χ0v) is 17.0. The van der Waals surface area contributed by atoms with Crippen LogP contribution in [0.4, 0.5) is 20.2 Å². The van der Waals surface area contributed by atoms with Gasteiger partial charge in [-0.1, -0.05) is 12.1 Å². The van der Waals surface area contributed by atoms with Gasteiger partial charge in [0.1, 0.15) is 11.6 Å². The normalized spacial score (nSPS) is 16.0. The molecule has 1 unspecified atom stereocenters. The van der Waals surface area contributed by atoms with E-state index in [-0.39, 0.29) is 37.0 Å². The minimum atomic E-state index is -0.863. The first-order chi connectivity index (χ1) is 14.2. The van der Waals surface area contributed by atoms with Gasteiger partial charge < -0.3 is 15.1 Å². The molecule has 2 aromatic carbocycles. The number of nitrogens with one attached hydrogen (secondary N) is 1. The summed E-state index contributed by atoms with van der Waals surface area (Å²) in [4.78, 5) is 39.8. The van der Waals surface area contributed by atoms with Crippen molar-refractivity contribution in [3.63, 3.8) is 0 Å². The largest absolute Gasteiger partial charge is 0.336 e. The summed E-state index contributed by atoms with van der Waals surface area (Å²) in [5.74, 6) is -3.48. The molecule has 1 saturated heterocycles. The Morgan fingerprint density at radius 1 is 1.20 bits per heavy atom. The molecule has 0 radical (unpaired) electrons. The van der Waals surface area contributed by atoms with E-state index in [0.29, 0.717) is 11.8 Å². The van der Waals surface area contributed by atoms with E-state index < -0.39 is 23.5 Å². The standard InChI is InChI=1S/C22H23F2N3O3/c1-13-5-4-6-18(14(13)2)25-20(28)12-26(3)22(30)15-9-21(29)27(11-15)19-8-7-16(23)10-17(19)24/h4-8,10,15H,9,11-12H2,1-3H3,(H,25,28). The third kappa shape index (κ3) is 4.48. The average molecular weight is 415 g/mol. The number of carbonyl (C=O) groups excluding carboxylic acids is 3. The molecule has 0 aliphatic carbocycles. The van der Waals surface area contributed by atoms with Gasteiger partial charge in [0.25, 0.3) is 0 Å². The molecule has 1 N–H and O–H groups in total. The maximum atomic E-state index is 14.0. The van der Waals surface area contributed by atoms with Gasteiger partial charge in [-0.3, -0.25) is 14.4 Å². The zero-order chi connectivity index (χ0) is 22.0. The Labute approximate surface area is 173 Å². The molecule has 1 aliphatic rings. The highest BCUT2D eigenvalue weighted by atomic mass is 19.1. The zero-order valence-electron chi connectivity index (χ0n) is 17.0. The van der Waals surface area contributed by atoms with Crippen LogP contribution in [0.5, 0.6) is 0 Å². The summed E-state index contributed by atoms with van der Waals surface area (Å²) < 4.78 is 27.1. The molecule has 3 amide bonds. The fourth-order valence-electron chi connectivity index (χ4n) is 3.49. The number of carbonyl (C=O) groups is 3. The number of halogens is 2. The average Bonchev–Trinajstić information content (AvgIpc) is 3.06. The molecule has 3 rings (SSSR count). The van der Waals surface area contributed by atoms with Crippen molar-refractivity contribution in [1.82, 2.24) is 4.90 Å². The SMILES string of the molecule is Cc1cccc(NC(=O)CN(C)C(=O)C2CC(=O)N(c3ccc(F)cc3F)C2)c1C. The molecule has 6 nitrogen and oxygen atoms in total. The van der Waals surface area contributed by atoms with Gasteiger partial charge in [-0.15, -0.1) is 0 Å². The first-order valence-electron chi connectivity index (χ1n) is 9.54. The van der Waals surface area contributed by atoms with E-state index in [1.807, 2.05) is 26.0 Å². The minimum absolute atomic E-state index is 0.0246. The Morgan fingerprint density at radius 2 is 1.93 bits per heavy atom. The second-order valence-corrected chi connectivity index (χ2v) is 7.49. The predicted octanol–water partition coefficient (Wildman–Crippen LogP) is 3.03. The maximum Gasteiger partial charge on any atom is 0.243 e. The van der Waals surface area contributed by atoms with Gasteiger partial charge in [0, 0.05) is 31.8 Å². The van der Waals surface area contributed by atoms with Crippen LogP contribution >= 0.6 is 0 Å². The summed E-state index contributed by atoms with van der Waals surface area (Å²) in [6, 6.07) is 8.49. The van der Waals surface area contributed by atoms with Crippen molar-refractivity contribution in [1.29, 1.82) is 0 Å². The van der Waals surface area contributed by atoms with Gasteiger partial charge in [-0.2, -0.15) is 0 Å². The molecular formula is C22H23F2N3O3. The molecule has 0 saturated carbocycles. The summed E-state index contributed by atoms with van der Waals surface area (Å²) >= 11 is 0. The number of rotatable bonds is 5. The third-order valence-electron chi connectivity index (χ3n) is 5.31. The summed E-state index contributed by atoms with van der Waals surface area (Å²) in [6.45, 7) is 3.63. The quantitative estimate of drug-likeness (QED) is 0.816. The molecule has 1 heterocycles. The first kappa shape index (κ1) is 21.4. The molecule has 0 spiro atoms. The molecular weight excluding hydrogens is 392 g/mol. The third-order valence-corrected chi connectivity index (χ3v) is 5.31. The smallest absolute Gasteiger partial charge is 0.243 e. The molecule has 30 heavy (non-hydrogen) atoms. The highest BCUT2D eigenvalue weighted by Gasteiger charge is 2.37. The number of benzene rings is 2. The Hall–Kier alpha value is -3.29. The predicted molar refractivity (Wildman–Crippen MR) is 109 cm³/mol. The van der Waals surface area contributed by atoms with Crippen LogP contribution in [-0.4, -0.2) is 42.8 Å². The monoisotopic (exact) mass is 415 g/mol. The topological polar surface area (TPSA) is 69.7 Å². The van der Waals surface area contributed by atoms with E-state index in [1.165, 1.54) is 18.0 Å². The number of hydrogen-bond donors (Lipinski definition) is 1. The van der Waals surface area contributed by atoms with Gasteiger partial charge in [0.15, 0.2) is 0 Å². The molecule has 1 fully saturated rings. The van der Waals surface area contributed by atoms with Crippen LogP contribution in [-0.2, 0) is 14.4 Å². The van der Waals surface area contributed by atoms with Crippen molar-refractivity contribution in [3.8, 4) is 0 Å². The van der Waals surface area contributed by atoms with Crippen molar-refractivity contribution >= 4 is 29.1 Å². The number of anilines is 2. The highest BCUT2D eigenvalue weighted by molar-refractivity contribution is 6.01. The Bertz CT molecular complexity index is 1010. The highest BCUT2D eigenvalue weighted by Crippen LogP contribution is 2.28. The fraction of sp³-hybridized carbons (Fsp3) is 0.318. The van der Waals surface area contributed by atoms with Crippen molar-refractivity contribution < 1.29 is 23.2 Å². The molecule has 2 aromatic rings. The summed E-state index contributed by atoms with van der Waals surface area (Å²) in [5, 5.41) is 2.79. The molecule has 0 aromatic heterocycles. The van der Waals surface area contributed by atoms with Gasteiger partial charge in [-0.25, -0.2) is 8.78 Å². The minimum Gasteiger partial charge on any atom is -0.336 e. The van der Waals surface area contributed by atoms with Crippen LogP contribution < -0.4 is 10.2 Å². The van der Waals surface area contributed by atoms with Crippen LogP contribution in [0, 0.1) is 31.4 Å². The van der Waals surface area contributed by atoms with E-state index in [2.05, 4.69) is 5.32 Å². The second kappa shape index (κ2) is 8.61. The van der Waals surface area contributed by atoms with Crippen LogP contribution in [0.1, 0.15) is 17.5 Å². The molecule has 0 bridgehead atoms. The Kier molecular flexibility index (Phi) is 6.14. The summed E-state index contributed by atoms with van der Waals surface area (Å²) in [6.07, 6.45) is -0.0986. The summed E-state index contributed by atoms with van der Waals surface area (Å²) in [5.41, 5.74) is 2.59. The van der Waals surface area contributed by atoms with Crippen molar-refractivity contribution in [2.24, 2.45) is 5.92 Å². The lowest BCUT2D eigenvalue weighted by molar-refractivity contribution is -0.137. The maximum absolute atomic E-state index is 14.0. The Morgan fingerprint density at radius 3 is 2.63 bits per heavy atom. The number of amides is 3. The fourth-order valence-corrected chi connectivity index (χ4v) is 3.49. The van der Waals surface area contributed by atoms with E-state index >= 15 is 0 Å². The first-order valence-corrected chi connectivity index (χ1v) is 9.54. The van der Waals surface area contributed by atoms with Gasteiger partial charge in [0.2, 0.25) is 17.7 Å². The van der Waals surface area contributed by atoms with Crippen LogP contribution in [0.3, 0.4) is 0 Å². The number of nitrogens with zero attached hydrogens (tertiary/aromatic N) is 2. The number of hydrogen-bond acceptors (Lipinski definition) is 3. The van der Waals surface area contributed by atoms with Gasteiger partial charge >= 0.3 is 0 Å². The van der Waals surface area contributed by atoms with Crippen molar-refractivity contribution in [3.05, 3.63) is 59.2 Å². The van der Waals surface area contributed by atoms with Gasteiger partial charge in [0.05, 0.1) is 18.2 Å². The van der Waals surface area contributed by atoms with E-state index in [1.54, 1.807) is 6.07 Å². The van der Waals surface area contributed by atoms with E-state index in [9.17, 15) is 23.2 Å². The van der Waals surface area contributed by atoms with E-state index in [4.69, 9.17) is 0 Å².